The van der Waals surface area contributed by atoms with Crippen LogP contribution in [0.15, 0.2) is 23.0 Å². The molecule has 28 heavy (non-hydrogen) atoms. The van der Waals surface area contributed by atoms with Crippen molar-refractivity contribution >= 4 is 33.9 Å². The van der Waals surface area contributed by atoms with Crippen LogP contribution in [0.1, 0.15) is 10.6 Å². The van der Waals surface area contributed by atoms with E-state index in [9.17, 15) is 27.9 Å². The lowest BCUT2D eigenvalue weighted by Gasteiger charge is -2.06. The van der Waals surface area contributed by atoms with Crippen molar-refractivity contribution in [1.29, 1.82) is 0 Å². The minimum atomic E-state index is -5.08. The first-order valence-corrected chi connectivity index (χ1v) is 7.09. The van der Waals surface area contributed by atoms with Gasteiger partial charge in [0.25, 0.3) is 5.56 Å². The summed E-state index contributed by atoms with van der Waals surface area (Å²) in [6, 6.07) is 4.37. The Morgan fingerprint density at radius 1 is 1.14 bits per heavy atom. The summed E-state index contributed by atoms with van der Waals surface area (Å²) in [6.07, 6.45) is -5.08. The third-order valence-electron chi connectivity index (χ3n) is 3.23. The number of carbonyl (C=O) groups is 2. The Kier molecular flexibility index (Phi) is 5.38. The number of phenols is 1. The van der Waals surface area contributed by atoms with Crippen LogP contribution in [0.3, 0.4) is 0 Å². The second-order valence-corrected chi connectivity index (χ2v) is 5.10. The van der Waals surface area contributed by atoms with Gasteiger partial charge in [-0.05, 0) is 12.1 Å². The molecule has 0 aliphatic carbocycles. The van der Waals surface area contributed by atoms with Crippen LogP contribution in [0.4, 0.5) is 13.2 Å². The van der Waals surface area contributed by atoms with E-state index in [0.717, 1.165) is 0 Å². The zero-order valence-corrected chi connectivity index (χ0v) is 13.7. The van der Waals surface area contributed by atoms with Crippen LogP contribution >= 0.6 is 0 Å². The summed E-state index contributed by atoms with van der Waals surface area (Å²) in [6.45, 7) is 0. The number of aromatic hydroxyl groups is 1. The SMILES string of the molecule is COc1cc2nc3nc(C(=O)O)[nH]c(=O)c3cc2cc1O.O=C(O)C(F)(F)F. The molecule has 2 heterocycles. The Bertz CT molecular complexity index is 1140. The van der Waals surface area contributed by atoms with Gasteiger partial charge in [0.15, 0.2) is 17.1 Å². The number of hydrogen-bond donors (Lipinski definition) is 4. The lowest BCUT2D eigenvalue weighted by Crippen LogP contribution is -2.21. The molecule has 0 spiro atoms. The van der Waals surface area contributed by atoms with Crippen LogP contribution in [-0.4, -0.2) is 55.5 Å². The molecule has 2 aromatic heterocycles. The molecule has 0 saturated carbocycles. The standard InChI is InChI=1S/C13H9N3O5.C2HF3O2/c1-21-9-4-7-5(3-8(9)17)2-6-10(14-7)15-11(13(19)20)16-12(6)18;3-2(4,5)1(6)7/h2-4,17H,1H3,(H,19,20)(H,14,15,16,18);(H,6,7). The summed E-state index contributed by atoms with van der Waals surface area (Å²) in [7, 11) is 1.40. The van der Waals surface area contributed by atoms with Crippen LogP contribution < -0.4 is 10.3 Å². The van der Waals surface area contributed by atoms with E-state index in [1.165, 1.54) is 25.3 Å². The Balaban J connectivity index is 0.000000345. The molecule has 0 aliphatic rings. The summed E-state index contributed by atoms with van der Waals surface area (Å²) < 4.78 is 36.7. The van der Waals surface area contributed by atoms with E-state index < -0.39 is 29.5 Å². The van der Waals surface area contributed by atoms with Gasteiger partial charge in [0, 0.05) is 11.5 Å². The summed E-state index contributed by atoms with van der Waals surface area (Å²) in [5, 5.41) is 26.4. The number of pyridine rings is 1. The first-order valence-electron chi connectivity index (χ1n) is 7.09. The molecule has 1 aromatic carbocycles. The second kappa shape index (κ2) is 7.38. The molecule has 4 N–H and O–H groups in total. The molecule has 3 rings (SSSR count). The third kappa shape index (κ3) is 4.25. The van der Waals surface area contributed by atoms with Crippen molar-refractivity contribution in [2.45, 2.75) is 6.18 Å². The highest BCUT2D eigenvalue weighted by atomic mass is 19.4. The Morgan fingerprint density at radius 2 is 1.75 bits per heavy atom. The zero-order valence-electron chi connectivity index (χ0n) is 13.7. The van der Waals surface area contributed by atoms with E-state index in [1.807, 2.05) is 0 Å². The first kappa shape index (κ1) is 20.4. The van der Waals surface area contributed by atoms with Gasteiger partial charge < -0.3 is 25.0 Å². The topological polar surface area (TPSA) is 163 Å². The molecule has 148 valence electrons. The maximum absolute atomic E-state index is 11.9. The molecule has 0 fully saturated rings. The lowest BCUT2D eigenvalue weighted by molar-refractivity contribution is -0.192. The number of carboxylic acid groups (broad SMARTS) is 2. The number of hydrogen-bond acceptors (Lipinski definition) is 7. The first-order chi connectivity index (χ1) is 12.9. The monoisotopic (exact) mass is 401 g/mol. The highest BCUT2D eigenvalue weighted by Crippen LogP contribution is 2.31. The number of ether oxygens (including phenoxy) is 1. The van der Waals surface area contributed by atoms with Crippen molar-refractivity contribution in [2.24, 2.45) is 0 Å². The van der Waals surface area contributed by atoms with Crippen LogP contribution in [0.5, 0.6) is 11.5 Å². The normalized spacial score (nSPS) is 11.0. The van der Waals surface area contributed by atoms with Gasteiger partial charge in [0.1, 0.15) is 0 Å². The number of aromatic carboxylic acids is 1. The molecule has 0 bridgehead atoms. The summed E-state index contributed by atoms with van der Waals surface area (Å²) in [4.78, 5) is 41.8. The van der Waals surface area contributed by atoms with Gasteiger partial charge in [-0.25, -0.2) is 19.6 Å². The number of nitrogens with one attached hydrogen (secondary N) is 1. The molecule has 0 atom stereocenters. The fourth-order valence-corrected chi connectivity index (χ4v) is 2.01. The molecule has 0 amide bonds. The van der Waals surface area contributed by atoms with Crippen molar-refractivity contribution in [3.63, 3.8) is 0 Å². The van der Waals surface area contributed by atoms with Gasteiger partial charge >= 0.3 is 18.1 Å². The molecule has 0 radical (unpaired) electrons. The number of carboxylic acids is 2. The van der Waals surface area contributed by atoms with Gasteiger partial charge in [-0.3, -0.25) is 4.79 Å². The molecular weight excluding hydrogens is 391 g/mol. The van der Waals surface area contributed by atoms with Crippen molar-refractivity contribution in [3.05, 3.63) is 34.4 Å². The molecule has 0 unspecified atom stereocenters. The van der Waals surface area contributed by atoms with Crippen molar-refractivity contribution in [1.82, 2.24) is 15.0 Å². The quantitative estimate of drug-likeness (QED) is 0.466. The second-order valence-electron chi connectivity index (χ2n) is 5.10. The molecule has 0 saturated heterocycles. The van der Waals surface area contributed by atoms with Crippen molar-refractivity contribution in [2.75, 3.05) is 7.11 Å². The Labute approximate surface area is 151 Å². The molecular formula is C15H10F3N3O7. The van der Waals surface area contributed by atoms with Crippen LogP contribution in [-0.2, 0) is 4.79 Å². The lowest BCUT2D eigenvalue weighted by atomic mass is 10.1. The van der Waals surface area contributed by atoms with Gasteiger partial charge in [-0.2, -0.15) is 13.2 Å². The largest absolute Gasteiger partial charge is 0.504 e. The number of methoxy groups -OCH3 is 1. The van der Waals surface area contributed by atoms with E-state index >= 15 is 0 Å². The fourth-order valence-electron chi connectivity index (χ4n) is 2.01. The number of alkyl halides is 3. The number of nitrogens with zero attached hydrogens (tertiary/aromatic N) is 2. The Morgan fingerprint density at radius 3 is 2.25 bits per heavy atom. The average molecular weight is 401 g/mol. The van der Waals surface area contributed by atoms with Crippen LogP contribution in [0.2, 0.25) is 0 Å². The predicted octanol–water partition coefficient (Wildman–Crippen LogP) is 1.52. The van der Waals surface area contributed by atoms with Crippen LogP contribution in [0, 0.1) is 0 Å². The van der Waals surface area contributed by atoms with Gasteiger partial charge in [0.2, 0.25) is 5.82 Å². The number of rotatable bonds is 2. The number of fused-ring (bicyclic) bond motifs is 2. The minimum absolute atomic E-state index is 0.0105. The van der Waals surface area contributed by atoms with E-state index in [0.29, 0.717) is 10.9 Å². The molecule has 0 aliphatic heterocycles. The summed E-state index contributed by atoms with van der Waals surface area (Å²) in [5.41, 5.74) is -0.176. The number of phenolic OH excluding ortho intramolecular Hbond substituents is 1. The highest BCUT2D eigenvalue weighted by molar-refractivity contribution is 5.93. The number of halogens is 3. The summed E-state index contributed by atoms with van der Waals surface area (Å²) in [5.74, 6) is -4.45. The van der Waals surface area contributed by atoms with E-state index in [1.54, 1.807) is 0 Å². The Hall–Kier alpha value is -3.90. The maximum atomic E-state index is 11.9. The van der Waals surface area contributed by atoms with Crippen molar-refractivity contribution in [3.8, 4) is 11.5 Å². The van der Waals surface area contributed by atoms with Gasteiger partial charge in [0.05, 0.1) is 18.0 Å². The summed E-state index contributed by atoms with van der Waals surface area (Å²) >= 11 is 0. The molecule has 3 aromatic rings. The number of aromatic nitrogens is 3. The van der Waals surface area contributed by atoms with Crippen LogP contribution in [0.25, 0.3) is 21.9 Å². The number of aromatic amines is 1. The van der Waals surface area contributed by atoms with Gasteiger partial charge in [-0.15, -0.1) is 0 Å². The van der Waals surface area contributed by atoms with E-state index in [-0.39, 0.29) is 22.5 Å². The minimum Gasteiger partial charge on any atom is -0.504 e. The average Bonchev–Trinajstić information content (AvgIpc) is 2.59. The zero-order chi connectivity index (χ0) is 21.2. The van der Waals surface area contributed by atoms with Crippen molar-refractivity contribution < 1.29 is 42.8 Å². The number of benzene rings is 1. The molecule has 13 heteroatoms. The highest BCUT2D eigenvalue weighted by Gasteiger charge is 2.38. The maximum Gasteiger partial charge on any atom is 0.490 e. The van der Waals surface area contributed by atoms with Gasteiger partial charge in [-0.1, -0.05) is 0 Å². The third-order valence-corrected chi connectivity index (χ3v) is 3.23. The predicted molar refractivity (Wildman–Crippen MR) is 86.5 cm³/mol. The number of H-pyrrole nitrogens is 1. The van der Waals surface area contributed by atoms with E-state index in [4.69, 9.17) is 19.7 Å². The van der Waals surface area contributed by atoms with E-state index in [2.05, 4.69) is 15.0 Å². The number of aliphatic carboxylic acids is 1. The fraction of sp³-hybridized carbons (Fsp3) is 0.133. The molecule has 10 nitrogen and oxygen atoms in total. The smallest absolute Gasteiger partial charge is 0.490 e.